The van der Waals surface area contributed by atoms with Crippen molar-refractivity contribution in [3.63, 3.8) is 0 Å². The number of hydrogen-bond acceptors (Lipinski definition) is 3. The molecule has 0 spiro atoms. The van der Waals surface area contributed by atoms with Gasteiger partial charge in [0.2, 0.25) is 0 Å². The van der Waals surface area contributed by atoms with Crippen molar-refractivity contribution in [2.45, 2.75) is 26.4 Å². The molecule has 4 heteroatoms. The molecule has 0 aromatic heterocycles. The smallest absolute Gasteiger partial charge is 0.265 e. The molecule has 0 radical (unpaired) electrons. The molecular formula is C18H18N2O2. The molecule has 0 saturated heterocycles. The number of ether oxygens (including phenoxy) is 1. The van der Waals surface area contributed by atoms with Gasteiger partial charge in [0.05, 0.1) is 11.6 Å². The fraction of sp³-hybridized carbons (Fsp3) is 0.222. The van der Waals surface area contributed by atoms with Crippen molar-refractivity contribution in [1.82, 2.24) is 0 Å². The van der Waals surface area contributed by atoms with Gasteiger partial charge >= 0.3 is 0 Å². The Bertz CT molecular complexity index is 687. The normalized spacial score (nSPS) is 11.3. The Morgan fingerprint density at radius 3 is 2.64 bits per heavy atom. The summed E-state index contributed by atoms with van der Waals surface area (Å²) in [6, 6.07) is 16.5. The molecule has 2 aromatic rings. The number of carbonyl (C=O) groups is 1. The molecule has 0 heterocycles. The van der Waals surface area contributed by atoms with E-state index in [0.29, 0.717) is 11.3 Å². The highest BCUT2D eigenvalue weighted by Crippen LogP contribution is 2.16. The molecule has 22 heavy (non-hydrogen) atoms. The van der Waals surface area contributed by atoms with Crippen LogP contribution in [0.1, 0.15) is 25.0 Å². The molecule has 1 amide bonds. The zero-order valence-corrected chi connectivity index (χ0v) is 12.7. The predicted molar refractivity (Wildman–Crippen MR) is 85.7 cm³/mol. The third-order valence-corrected chi connectivity index (χ3v) is 3.27. The van der Waals surface area contributed by atoms with Crippen LogP contribution in [0.2, 0.25) is 0 Å². The zero-order valence-electron chi connectivity index (χ0n) is 12.7. The lowest BCUT2D eigenvalue weighted by Gasteiger charge is -2.15. The van der Waals surface area contributed by atoms with E-state index in [1.807, 2.05) is 30.3 Å². The van der Waals surface area contributed by atoms with E-state index in [0.717, 1.165) is 12.1 Å². The molecule has 0 bridgehead atoms. The van der Waals surface area contributed by atoms with Gasteiger partial charge in [-0.1, -0.05) is 25.1 Å². The lowest BCUT2D eigenvalue weighted by atomic mass is 10.1. The largest absolute Gasteiger partial charge is 0.481 e. The van der Waals surface area contributed by atoms with Gasteiger partial charge in [0, 0.05) is 5.69 Å². The maximum absolute atomic E-state index is 12.1. The standard InChI is InChI=1S/C18H18N2O2/c1-3-14-7-9-16(10-8-14)20-18(21)13(2)22-17-6-4-5-15(11-17)12-19/h4-11,13H,3H2,1-2H3,(H,20,21). The van der Waals surface area contributed by atoms with Gasteiger partial charge in [-0.25, -0.2) is 0 Å². The first-order valence-electron chi connectivity index (χ1n) is 7.19. The number of nitrogens with one attached hydrogen (secondary N) is 1. The van der Waals surface area contributed by atoms with Crippen LogP contribution in [-0.2, 0) is 11.2 Å². The van der Waals surface area contributed by atoms with Crippen molar-refractivity contribution in [1.29, 1.82) is 5.26 Å². The first kappa shape index (κ1) is 15.6. The SMILES string of the molecule is CCc1ccc(NC(=O)C(C)Oc2cccc(C#N)c2)cc1. The quantitative estimate of drug-likeness (QED) is 0.917. The van der Waals surface area contributed by atoms with Gasteiger partial charge < -0.3 is 10.1 Å². The van der Waals surface area contributed by atoms with Crippen LogP contribution in [0.3, 0.4) is 0 Å². The van der Waals surface area contributed by atoms with E-state index >= 15 is 0 Å². The van der Waals surface area contributed by atoms with E-state index in [4.69, 9.17) is 10.00 Å². The van der Waals surface area contributed by atoms with E-state index in [1.165, 1.54) is 5.56 Å². The van der Waals surface area contributed by atoms with Crippen LogP contribution in [0.15, 0.2) is 48.5 Å². The minimum atomic E-state index is -0.653. The summed E-state index contributed by atoms with van der Waals surface area (Å²) in [5, 5.41) is 11.7. The van der Waals surface area contributed by atoms with E-state index < -0.39 is 6.10 Å². The molecule has 1 N–H and O–H groups in total. The van der Waals surface area contributed by atoms with Gasteiger partial charge in [0.25, 0.3) is 5.91 Å². The molecule has 0 fully saturated rings. The van der Waals surface area contributed by atoms with E-state index in [9.17, 15) is 4.79 Å². The molecule has 1 unspecified atom stereocenters. The van der Waals surface area contributed by atoms with Crippen LogP contribution in [0, 0.1) is 11.3 Å². The minimum absolute atomic E-state index is 0.230. The first-order chi connectivity index (χ1) is 10.6. The Hall–Kier alpha value is -2.80. The average Bonchev–Trinajstić information content (AvgIpc) is 2.55. The van der Waals surface area contributed by atoms with Crippen LogP contribution in [0.4, 0.5) is 5.69 Å². The molecular weight excluding hydrogens is 276 g/mol. The lowest BCUT2D eigenvalue weighted by Crippen LogP contribution is -2.30. The van der Waals surface area contributed by atoms with Gasteiger partial charge in [-0.3, -0.25) is 4.79 Å². The summed E-state index contributed by atoms with van der Waals surface area (Å²) < 4.78 is 5.57. The maximum Gasteiger partial charge on any atom is 0.265 e. The summed E-state index contributed by atoms with van der Waals surface area (Å²) in [6.45, 7) is 3.76. The number of nitrogens with zero attached hydrogens (tertiary/aromatic N) is 1. The van der Waals surface area contributed by atoms with Crippen molar-refractivity contribution >= 4 is 11.6 Å². The summed E-state index contributed by atoms with van der Waals surface area (Å²) in [5.74, 6) is 0.273. The highest BCUT2D eigenvalue weighted by Gasteiger charge is 2.15. The Morgan fingerprint density at radius 2 is 2.00 bits per heavy atom. The third-order valence-electron chi connectivity index (χ3n) is 3.27. The van der Waals surface area contributed by atoms with Crippen LogP contribution in [0.5, 0.6) is 5.75 Å². The van der Waals surface area contributed by atoms with Crippen LogP contribution in [-0.4, -0.2) is 12.0 Å². The molecule has 0 aliphatic rings. The number of nitriles is 1. The monoisotopic (exact) mass is 294 g/mol. The van der Waals surface area contributed by atoms with Crippen molar-refractivity contribution in [3.8, 4) is 11.8 Å². The van der Waals surface area contributed by atoms with E-state index in [-0.39, 0.29) is 5.91 Å². The number of aryl methyl sites for hydroxylation is 1. The molecule has 0 aliphatic carbocycles. The van der Waals surface area contributed by atoms with Gasteiger partial charge in [0.1, 0.15) is 5.75 Å². The van der Waals surface area contributed by atoms with Crippen LogP contribution < -0.4 is 10.1 Å². The number of benzene rings is 2. The summed E-state index contributed by atoms with van der Waals surface area (Å²) in [5.41, 5.74) is 2.46. The Kier molecular flexibility index (Phi) is 5.16. The van der Waals surface area contributed by atoms with Crippen molar-refractivity contribution in [2.24, 2.45) is 0 Å². The van der Waals surface area contributed by atoms with Crippen LogP contribution >= 0.6 is 0 Å². The molecule has 1 atom stereocenters. The Balaban J connectivity index is 1.97. The Labute approximate surface area is 130 Å². The summed E-state index contributed by atoms with van der Waals surface area (Å²) >= 11 is 0. The number of amides is 1. The van der Waals surface area contributed by atoms with Gasteiger partial charge in [0.15, 0.2) is 6.10 Å². The Morgan fingerprint density at radius 1 is 1.27 bits per heavy atom. The number of rotatable bonds is 5. The maximum atomic E-state index is 12.1. The highest BCUT2D eigenvalue weighted by atomic mass is 16.5. The molecule has 2 rings (SSSR count). The van der Waals surface area contributed by atoms with E-state index in [1.54, 1.807) is 31.2 Å². The lowest BCUT2D eigenvalue weighted by molar-refractivity contribution is -0.122. The number of hydrogen-bond donors (Lipinski definition) is 1. The fourth-order valence-electron chi connectivity index (χ4n) is 1.96. The second-order valence-electron chi connectivity index (χ2n) is 4.94. The molecule has 112 valence electrons. The van der Waals surface area contributed by atoms with Gasteiger partial charge in [-0.05, 0) is 49.2 Å². The van der Waals surface area contributed by atoms with Crippen molar-refractivity contribution in [3.05, 3.63) is 59.7 Å². The second kappa shape index (κ2) is 7.28. The summed E-state index contributed by atoms with van der Waals surface area (Å²) in [4.78, 5) is 12.1. The minimum Gasteiger partial charge on any atom is -0.481 e. The molecule has 0 aliphatic heterocycles. The molecule has 4 nitrogen and oxygen atoms in total. The average molecular weight is 294 g/mol. The zero-order chi connectivity index (χ0) is 15.9. The van der Waals surface area contributed by atoms with Gasteiger partial charge in [-0.2, -0.15) is 5.26 Å². The third kappa shape index (κ3) is 4.10. The summed E-state index contributed by atoms with van der Waals surface area (Å²) in [7, 11) is 0. The first-order valence-corrected chi connectivity index (χ1v) is 7.19. The molecule has 0 saturated carbocycles. The number of carbonyl (C=O) groups excluding carboxylic acids is 1. The van der Waals surface area contributed by atoms with Crippen molar-refractivity contribution in [2.75, 3.05) is 5.32 Å². The van der Waals surface area contributed by atoms with Crippen molar-refractivity contribution < 1.29 is 9.53 Å². The van der Waals surface area contributed by atoms with Gasteiger partial charge in [-0.15, -0.1) is 0 Å². The van der Waals surface area contributed by atoms with Crippen LogP contribution in [0.25, 0.3) is 0 Å². The topological polar surface area (TPSA) is 62.1 Å². The second-order valence-corrected chi connectivity index (χ2v) is 4.94. The number of anilines is 1. The molecule has 2 aromatic carbocycles. The summed E-state index contributed by atoms with van der Waals surface area (Å²) in [6.07, 6.45) is 0.308. The fourth-order valence-corrected chi connectivity index (χ4v) is 1.96. The highest BCUT2D eigenvalue weighted by molar-refractivity contribution is 5.94. The van der Waals surface area contributed by atoms with E-state index in [2.05, 4.69) is 12.2 Å². The predicted octanol–water partition coefficient (Wildman–Crippen LogP) is 3.53.